The Balaban J connectivity index is 0.000000188. The van der Waals surface area contributed by atoms with Crippen LogP contribution in [-0.4, -0.2) is 86.3 Å². The van der Waals surface area contributed by atoms with Crippen LogP contribution in [0.4, 0.5) is 24.5 Å². The van der Waals surface area contributed by atoms with E-state index in [-0.39, 0.29) is 70.3 Å². The van der Waals surface area contributed by atoms with Crippen molar-refractivity contribution >= 4 is 56.6 Å². The number of amides is 2. The third-order valence-electron chi connectivity index (χ3n) is 13.8. The van der Waals surface area contributed by atoms with E-state index in [9.17, 15) is 37.9 Å². The van der Waals surface area contributed by atoms with Gasteiger partial charge in [-0.15, -0.1) is 0 Å². The van der Waals surface area contributed by atoms with Gasteiger partial charge in [-0.1, -0.05) is 11.6 Å². The molecule has 0 fully saturated rings. The normalized spacial score (nSPS) is 12.4. The molecular formula is C65H53ClF3N7O14. The van der Waals surface area contributed by atoms with Gasteiger partial charge in [0, 0.05) is 66.5 Å². The lowest BCUT2D eigenvalue weighted by Gasteiger charge is -2.25. The molecule has 25 heteroatoms. The van der Waals surface area contributed by atoms with Crippen molar-refractivity contribution in [2.45, 2.75) is 39.3 Å². The van der Waals surface area contributed by atoms with E-state index in [1.807, 2.05) is 0 Å². The van der Waals surface area contributed by atoms with Gasteiger partial charge in [-0.3, -0.25) is 38.3 Å². The first kappa shape index (κ1) is 60.8. The number of ether oxygens (including phenoxy) is 8. The van der Waals surface area contributed by atoms with Gasteiger partial charge in [-0.05, 0) is 125 Å². The van der Waals surface area contributed by atoms with E-state index in [2.05, 4.69) is 20.6 Å². The lowest BCUT2D eigenvalue weighted by atomic mass is 10.1. The molecule has 0 atom stereocenters. The van der Waals surface area contributed by atoms with Crippen LogP contribution < -0.4 is 65.3 Å². The SMILES string of the molecule is CC(C)n1cc(C(=O)Nc2ccc(Oc3ccnc4cc(OCC(C)(C)O)c5c(c34)OCCO5)c(F)c2)c(=O)n(-c2ccc(F)cc2)c1=O.COc1cc2nccc(Oc3ccc(NC(=O)c4cccn(-c5ccc(F)cc5)c4=O)c(Cl)c3)c2c2c1OCCO2. The number of benzene rings is 6. The minimum Gasteiger partial charge on any atom is -0.493 e. The number of nitrogens with one attached hydrogen (secondary N) is 2. The molecule has 90 heavy (non-hydrogen) atoms. The van der Waals surface area contributed by atoms with Crippen LogP contribution in [-0.2, 0) is 0 Å². The van der Waals surface area contributed by atoms with E-state index in [0.717, 1.165) is 29.0 Å². The van der Waals surface area contributed by atoms with Crippen molar-refractivity contribution in [3.8, 4) is 68.9 Å². The summed E-state index contributed by atoms with van der Waals surface area (Å²) in [7, 11) is 1.54. The summed E-state index contributed by atoms with van der Waals surface area (Å²) in [6.45, 7) is 7.82. The molecule has 0 radical (unpaired) electrons. The third kappa shape index (κ3) is 12.8. The van der Waals surface area contributed by atoms with E-state index in [0.29, 0.717) is 81.0 Å². The molecule has 0 spiro atoms. The average Bonchev–Trinajstić information content (AvgIpc) is 0.882. The van der Waals surface area contributed by atoms with E-state index in [1.54, 1.807) is 83.5 Å². The van der Waals surface area contributed by atoms with E-state index in [1.165, 1.54) is 82.2 Å². The highest BCUT2D eigenvalue weighted by Gasteiger charge is 2.29. The molecule has 0 saturated carbocycles. The Morgan fingerprint density at radius 3 is 1.82 bits per heavy atom. The van der Waals surface area contributed by atoms with Crippen molar-refractivity contribution in [3.63, 3.8) is 0 Å². The van der Waals surface area contributed by atoms with Gasteiger partial charge in [0.2, 0.25) is 11.5 Å². The second-order valence-corrected chi connectivity index (χ2v) is 21.5. The van der Waals surface area contributed by atoms with Crippen LogP contribution in [0.1, 0.15) is 54.5 Å². The Morgan fingerprint density at radius 1 is 0.656 bits per heavy atom. The second kappa shape index (κ2) is 25.5. The van der Waals surface area contributed by atoms with Gasteiger partial charge >= 0.3 is 5.69 Å². The van der Waals surface area contributed by atoms with Crippen LogP contribution in [0, 0.1) is 17.5 Å². The van der Waals surface area contributed by atoms with E-state index in [4.69, 9.17) is 49.5 Å². The van der Waals surface area contributed by atoms with Crippen molar-refractivity contribution in [3.05, 3.63) is 211 Å². The predicted molar refractivity (Wildman–Crippen MR) is 326 cm³/mol. The zero-order chi connectivity index (χ0) is 63.5. The molecule has 4 aromatic heterocycles. The number of aliphatic hydroxyl groups is 1. The van der Waals surface area contributed by atoms with Crippen LogP contribution in [0.5, 0.6) is 57.5 Å². The van der Waals surface area contributed by atoms with Crippen molar-refractivity contribution < 1.29 is 65.8 Å². The highest BCUT2D eigenvalue weighted by atomic mass is 35.5. The van der Waals surface area contributed by atoms with Gasteiger partial charge < -0.3 is 53.6 Å². The number of carbonyl (C=O) groups excluding carboxylic acids is 2. The highest BCUT2D eigenvalue weighted by molar-refractivity contribution is 6.34. The van der Waals surface area contributed by atoms with Crippen molar-refractivity contribution in [2.24, 2.45) is 0 Å². The van der Waals surface area contributed by atoms with Crippen molar-refractivity contribution in [1.29, 1.82) is 0 Å². The Hall–Kier alpha value is -10.9. The molecule has 2 aliphatic rings. The van der Waals surface area contributed by atoms with Crippen LogP contribution in [0.25, 0.3) is 33.2 Å². The largest absolute Gasteiger partial charge is 0.493 e. The van der Waals surface area contributed by atoms with Gasteiger partial charge in [-0.2, -0.15) is 0 Å². The molecule has 10 aromatic rings. The lowest BCUT2D eigenvalue weighted by Crippen LogP contribution is -2.42. The van der Waals surface area contributed by atoms with E-state index < -0.39 is 57.7 Å². The number of halogens is 4. The van der Waals surface area contributed by atoms with Gasteiger partial charge in [0.15, 0.2) is 34.6 Å². The molecule has 0 unspecified atom stereocenters. The number of nitrogens with zero attached hydrogens (tertiary/aromatic N) is 5. The molecule has 0 bridgehead atoms. The molecule has 460 valence electrons. The quantitative estimate of drug-likeness (QED) is 0.0864. The highest BCUT2D eigenvalue weighted by Crippen LogP contribution is 2.50. The Kier molecular flexibility index (Phi) is 17.2. The van der Waals surface area contributed by atoms with Gasteiger partial charge in [0.05, 0.1) is 50.9 Å². The smallest absolute Gasteiger partial charge is 0.335 e. The Labute approximate surface area is 513 Å². The van der Waals surface area contributed by atoms with E-state index >= 15 is 4.39 Å². The first-order chi connectivity index (χ1) is 43.2. The van der Waals surface area contributed by atoms with Crippen LogP contribution in [0.2, 0.25) is 5.02 Å². The van der Waals surface area contributed by atoms with Crippen molar-refractivity contribution in [1.82, 2.24) is 23.7 Å². The number of pyridine rings is 3. The number of carbonyl (C=O) groups is 2. The summed E-state index contributed by atoms with van der Waals surface area (Å²) in [5.41, 5.74) is -2.04. The fourth-order valence-electron chi connectivity index (χ4n) is 9.57. The number of rotatable bonds is 15. The second-order valence-electron chi connectivity index (χ2n) is 21.1. The summed E-state index contributed by atoms with van der Waals surface area (Å²) < 4.78 is 92.4. The first-order valence-electron chi connectivity index (χ1n) is 27.7. The minimum absolute atomic E-state index is 0.00664. The van der Waals surface area contributed by atoms with Gasteiger partial charge in [0.1, 0.15) is 73.0 Å². The molecule has 12 rings (SSSR count). The van der Waals surface area contributed by atoms with Crippen LogP contribution >= 0.6 is 11.6 Å². The maximum Gasteiger partial charge on any atom is 0.335 e. The summed E-state index contributed by atoms with van der Waals surface area (Å²) >= 11 is 6.49. The summed E-state index contributed by atoms with van der Waals surface area (Å²) in [4.78, 5) is 74.7. The Morgan fingerprint density at radius 2 is 1.23 bits per heavy atom. The molecule has 6 aromatic carbocycles. The summed E-state index contributed by atoms with van der Waals surface area (Å²) in [5.74, 6) is -0.185. The predicted octanol–water partition coefficient (Wildman–Crippen LogP) is 11.4. The fourth-order valence-corrected chi connectivity index (χ4v) is 9.79. The molecule has 21 nitrogen and oxygen atoms in total. The zero-order valence-electron chi connectivity index (χ0n) is 48.5. The molecule has 2 amide bonds. The number of aromatic nitrogens is 5. The standard InChI is InChI=1S/C35H32F2N4O8.C30H21ClFN3O6/c1-19(2)40-17-23(33(43)41(34(40)44)22-8-5-20(36)6-9-22)32(42)39-21-7-10-26(24(37)15-21)49-27-11-12-38-25-16-28(48-18-35(3,4)45)30-31(29(25)27)47-14-13-46-30;1-38-25-16-23-26(28-27(25)39-13-14-40-28)24(10-11-33-23)41-19-8-9-22(21(31)15-19)34-29(36)20-3-2-12-35(30(20)37)18-6-4-17(32)5-7-18/h5-12,15-17,19,45H,13-14,18H2,1-4H3,(H,39,42);2-12,15-16H,13-14H2,1H3,(H,34,36). The topological polar surface area (TPSA) is 244 Å². The van der Waals surface area contributed by atoms with Crippen molar-refractivity contribution in [2.75, 3.05) is 50.8 Å². The van der Waals surface area contributed by atoms with Crippen LogP contribution in [0.3, 0.4) is 0 Å². The molecule has 2 aliphatic heterocycles. The third-order valence-corrected chi connectivity index (χ3v) is 14.1. The Bertz CT molecular complexity index is 4630. The summed E-state index contributed by atoms with van der Waals surface area (Å²) in [6, 6.07) is 27.6. The van der Waals surface area contributed by atoms with Crippen LogP contribution in [0.15, 0.2) is 160 Å². The zero-order valence-corrected chi connectivity index (χ0v) is 49.2. The minimum atomic E-state index is -1.11. The molecule has 0 saturated heterocycles. The van der Waals surface area contributed by atoms with Gasteiger partial charge in [0.25, 0.3) is 22.9 Å². The number of anilines is 2. The maximum atomic E-state index is 15.5. The number of hydrogen-bond donors (Lipinski definition) is 3. The molecule has 6 heterocycles. The first-order valence-corrected chi connectivity index (χ1v) is 28.1. The summed E-state index contributed by atoms with van der Waals surface area (Å²) in [5, 5.41) is 16.5. The number of methoxy groups -OCH3 is 1. The molecular weight excluding hydrogens is 1200 g/mol. The maximum absolute atomic E-state index is 15.5. The molecule has 3 N–H and O–H groups in total. The lowest BCUT2D eigenvalue weighted by molar-refractivity contribution is 0.0265. The number of hydrogen-bond acceptors (Lipinski definition) is 16. The monoisotopic (exact) mass is 1250 g/mol. The average molecular weight is 1250 g/mol. The fraction of sp³-hybridized carbons (Fsp3) is 0.185. The van der Waals surface area contributed by atoms with Gasteiger partial charge in [-0.25, -0.2) is 22.5 Å². The molecule has 0 aliphatic carbocycles. The summed E-state index contributed by atoms with van der Waals surface area (Å²) in [6.07, 6.45) is 5.70. The number of fused-ring (bicyclic) bond motifs is 6.